The molecule has 1 saturated heterocycles. The molecule has 0 aromatic heterocycles. The summed E-state index contributed by atoms with van der Waals surface area (Å²) in [4.78, 5) is 12.1. The number of thioether (sulfide) groups is 1. The summed E-state index contributed by atoms with van der Waals surface area (Å²) < 4.78 is 0. The lowest BCUT2D eigenvalue weighted by Crippen LogP contribution is -2.35. The van der Waals surface area contributed by atoms with Crippen LogP contribution in [0.15, 0.2) is 30.3 Å². The molecule has 116 valence electrons. The molecule has 1 fully saturated rings. The highest BCUT2D eigenvalue weighted by Gasteiger charge is 2.15. The van der Waals surface area contributed by atoms with Gasteiger partial charge in [-0.25, -0.2) is 0 Å². The van der Waals surface area contributed by atoms with Crippen molar-refractivity contribution in [2.24, 2.45) is 5.92 Å². The fourth-order valence-electron chi connectivity index (χ4n) is 2.58. The Balaban J connectivity index is 1.60. The van der Waals surface area contributed by atoms with Crippen LogP contribution < -0.4 is 10.6 Å². The Hall–Kier alpha value is -1.00. The Morgan fingerprint density at radius 1 is 1.43 bits per heavy atom. The van der Waals surface area contributed by atoms with Crippen molar-refractivity contribution in [3.8, 4) is 0 Å². The number of hydrogen-bond acceptors (Lipinski definition) is 3. The second-order valence-corrected chi connectivity index (χ2v) is 7.06. The van der Waals surface area contributed by atoms with Crippen LogP contribution in [-0.4, -0.2) is 30.8 Å². The van der Waals surface area contributed by atoms with E-state index in [2.05, 4.69) is 22.8 Å². The summed E-state index contributed by atoms with van der Waals surface area (Å²) in [7, 11) is 0. The quantitative estimate of drug-likeness (QED) is 0.814. The van der Waals surface area contributed by atoms with E-state index in [0.717, 1.165) is 37.7 Å². The zero-order valence-corrected chi connectivity index (χ0v) is 13.6. The molecule has 3 nitrogen and oxygen atoms in total. The maximum atomic E-state index is 12.1. The summed E-state index contributed by atoms with van der Waals surface area (Å²) in [6, 6.07) is 10.3. The van der Waals surface area contributed by atoms with E-state index in [4.69, 9.17) is 0 Å². The van der Waals surface area contributed by atoms with Gasteiger partial charge in [-0.3, -0.25) is 4.79 Å². The van der Waals surface area contributed by atoms with Gasteiger partial charge in [-0.2, -0.15) is 0 Å². The Morgan fingerprint density at radius 3 is 2.95 bits per heavy atom. The predicted molar refractivity (Wildman–Crippen MR) is 90.4 cm³/mol. The minimum absolute atomic E-state index is 0.00897. The Bertz CT molecular complexity index is 418. The number of amides is 1. The monoisotopic (exact) mass is 306 g/mol. The Kier molecular flexibility index (Phi) is 7.10. The van der Waals surface area contributed by atoms with Crippen molar-refractivity contribution in [3.05, 3.63) is 35.9 Å². The number of piperidine rings is 1. The van der Waals surface area contributed by atoms with Crippen LogP contribution in [0.2, 0.25) is 0 Å². The minimum atomic E-state index is 0.00897. The summed E-state index contributed by atoms with van der Waals surface area (Å²) in [5.41, 5.74) is 1.27. The van der Waals surface area contributed by atoms with Crippen LogP contribution >= 0.6 is 11.8 Å². The fourth-order valence-corrected chi connectivity index (χ4v) is 3.45. The minimum Gasteiger partial charge on any atom is -0.355 e. The van der Waals surface area contributed by atoms with Gasteiger partial charge in [0.15, 0.2) is 0 Å². The molecule has 21 heavy (non-hydrogen) atoms. The van der Waals surface area contributed by atoms with Gasteiger partial charge in [-0.1, -0.05) is 30.3 Å². The van der Waals surface area contributed by atoms with Gasteiger partial charge in [-0.05, 0) is 50.8 Å². The first kappa shape index (κ1) is 16.4. The van der Waals surface area contributed by atoms with Gasteiger partial charge in [0, 0.05) is 12.3 Å². The molecule has 0 spiro atoms. The second kappa shape index (κ2) is 9.11. The zero-order valence-electron chi connectivity index (χ0n) is 12.8. The van der Waals surface area contributed by atoms with Crippen LogP contribution in [0.25, 0.3) is 0 Å². The lowest BCUT2D eigenvalue weighted by atomic mass is 9.96. The van der Waals surface area contributed by atoms with Gasteiger partial charge in [-0.15, -0.1) is 11.8 Å². The van der Waals surface area contributed by atoms with Crippen molar-refractivity contribution >= 4 is 17.7 Å². The van der Waals surface area contributed by atoms with Crippen molar-refractivity contribution < 1.29 is 4.79 Å². The van der Waals surface area contributed by atoms with E-state index in [-0.39, 0.29) is 11.2 Å². The van der Waals surface area contributed by atoms with Crippen LogP contribution in [0.1, 0.15) is 31.7 Å². The van der Waals surface area contributed by atoms with Crippen molar-refractivity contribution in [3.63, 3.8) is 0 Å². The smallest absolute Gasteiger partial charge is 0.232 e. The van der Waals surface area contributed by atoms with E-state index >= 15 is 0 Å². The van der Waals surface area contributed by atoms with Crippen LogP contribution in [0, 0.1) is 5.92 Å². The molecule has 0 bridgehead atoms. The summed E-state index contributed by atoms with van der Waals surface area (Å²) in [6.07, 6.45) is 3.65. The van der Waals surface area contributed by atoms with Crippen molar-refractivity contribution in [1.82, 2.24) is 10.6 Å². The lowest BCUT2D eigenvalue weighted by molar-refractivity contribution is -0.120. The van der Waals surface area contributed by atoms with E-state index in [0.29, 0.717) is 0 Å². The molecule has 1 aromatic rings. The zero-order chi connectivity index (χ0) is 14.9. The standard InChI is InChI=1S/C17H26N2OS/c1-14(21-13-16-6-3-2-4-7-16)17(20)19-11-9-15-8-5-10-18-12-15/h2-4,6-7,14-15,18H,5,8-13H2,1H3,(H,19,20). The summed E-state index contributed by atoms with van der Waals surface area (Å²) in [5.74, 6) is 1.79. The van der Waals surface area contributed by atoms with Crippen LogP contribution in [0.4, 0.5) is 0 Å². The molecule has 1 amide bonds. The molecule has 1 aliphatic heterocycles. The number of carbonyl (C=O) groups excluding carboxylic acids is 1. The van der Waals surface area contributed by atoms with E-state index in [1.54, 1.807) is 11.8 Å². The molecule has 4 heteroatoms. The topological polar surface area (TPSA) is 41.1 Å². The van der Waals surface area contributed by atoms with Gasteiger partial charge in [0.2, 0.25) is 5.91 Å². The summed E-state index contributed by atoms with van der Waals surface area (Å²) >= 11 is 1.70. The van der Waals surface area contributed by atoms with E-state index in [1.807, 2.05) is 25.1 Å². The maximum Gasteiger partial charge on any atom is 0.232 e. The molecule has 2 unspecified atom stereocenters. The molecule has 2 N–H and O–H groups in total. The van der Waals surface area contributed by atoms with Crippen molar-refractivity contribution in [2.75, 3.05) is 19.6 Å². The molecule has 0 saturated carbocycles. The molecule has 2 rings (SSSR count). The van der Waals surface area contributed by atoms with E-state index in [9.17, 15) is 4.79 Å². The third-order valence-electron chi connectivity index (χ3n) is 3.96. The molecule has 1 heterocycles. The molecular weight excluding hydrogens is 280 g/mol. The van der Waals surface area contributed by atoms with Crippen molar-refractivity contribution in [2.45, 2.75) is 37.2 Å². The largest absolute Gasteiger partial charge is 0.355 e. The molecule has 0 aliphatic carbocycles. The van der Waals surface area contributed by atoms with E-state index < -0.39 is 0 Å². The normalized spacial score (nSPS) is 20.0. The van der Waals surface area contributed by atoms with Crippen LogP contribution in [-0.2, 0) is 10.5 Å². The molecule has 0 radical (unpaired) electrons. The van der Waals surface area contributed by atoms with E-state index in [1.165, 1.54) is 18.4 Å². The highest BCUT2D eigenvalue weighted by molar-refractivity contribution is 7.99. The molecular formula is C17H26N2OS. The summed E-state index contributed by atoms with van der Waals surface area (Å²) in [5, 5.41) is 6.50. The van der Waals surface area contributed by atoms with Gasteiger partial charge in [0.05, 0.1) is 5.25 Å². The average molecular weight is 306 g/mol. The third-order valence-corrected chi connectivity index (χ3v) is 5.18. The van der Waals surface area contributed by atoms with Gasteiger partial charge < -0.3 is 10.6 Å². The highest BCUT2D eigenvalue weighted by Crippen LogP contribution is 2.18. The molecule has 1 aromatic carbocycles. The first-order valence-corrected chi connectivity index (χ1v) is 8.94. The first-order chi connectivity index (χ1) is 10.3. The van der Waals surface area contributed by atoms with Crippen LogP contribution in [0.5, 0.6) is 0 Å². The number of rotatable bonds is 7. The number of carbonyl (C=O) groups is 1. The number of hydrogen-bond donors (Lipinski definition) is 2. The molecule has 2 atom stereocenters. The Morgan fingerprint density at radius 2 is 2.24 bits per heavy atom. The van der Waals surface area contributed by atoms with Gasteiger partial charge in [0.25, 0.3) is 0 Å². The summed E-state index contributed by atoms with van der Waals surface area (Å²) in [6.45, 7) is 5.05. The number of benzene rings is 1. The average Bonchev–Trinajstić information content (AvgIpc) is 2.54. The van der Waals surface area contributed by atoms with Gasteiger partial charge >= 0.3 is 0 Å². The second-order valence-electron chi connectivity index (χ2n) is 5.73. The lowest BCUT2D eigenvalue weighted by Gasteiger charge is -2.23. The first-order valence-electron chi connectivity index (χ1n) is 7.89. The fraction of sp³-hybridized carbons (Fsp3) is 0.588. The maximum absolute atomic E-state index is 12.1. The SMILES string of the molecule is CC(SCc1ccccc1)C(=O)NCCC1CCCNC1. The number of nitrogens with one attached hydrogen (secondary N) is 2. The van der Waals surface area contributed by atoms with Crippen LogP contribution in [0.3, 0.4) is 0 Å². The molecule has 1 aliphatic rings. The Labute approximate surface area is 132 Å². The third kappa shape index (κ3) is 6.10. The van der Waals surface area contributed by atoms with Gasteiger partial charge in [0.1, 0.15) is 0 Å². The highest BCUT2D eigenvalue weighted by atomic mass is 32.2. The van der Waals surface area contributed by atoms with Crippen molar-refractivity contribution in [1.29, 1.82) is 0 Å². The predicted octanol–water partition coefficient (Wildman–Crippen LogP) is 2.81.